The van der Waals surface area contributed by atoms with Gasteiger partial charge >= 0.3 is 6.09 Å². The number of carbonyl (C=O) groups is 1. The highest BCUT2D eigenvalue weighted by atomic mass is 32.2. The van der Waals surface area contributed by atoms with Crippen LogP contribution in [0.2, 0.25) is 0 Å². The fraction of sp³-hybridized carbons (Fsp3) is 0.158. The molecule has 0 aliphatic carbocycles. The fourth-order valence-electron chi connectivity index (χ4n) is 2.86. The summed E-state index contributed by atoms with van der Waals surface area (Å²) in [6, 6.07) is 11.6. The molecular formula is C19H19N3O5S. The van der Waals surface area contributed by atoms with Crippen LogP contribution in [0.4, 0.5) is 4.79 Å². The molecule has 1 amide bonds. The van der Waals surface area contributed by atoms with Gasteiger partial charge in [-0.05, 0) is 35.7 Å². The molecule has 2 heterocycles. The predicted octanol–water partition coefficient (Wildman–Crippen LogP) is 2.09. The number of hydrogen-bond acceptors (Lipinski definition) is 5. The van der Waals surface area contributed by atoms with Crippen LogP contribution in [0.1, 0.15) is 11.1 Å². The number of pyridine rings is 1. The van der Waals surface area contributed by atoms with Crippen LogP contribution >= 0.6 is 0 Å². The van der Waals surface area contributed by atoms with Crippen LogP contribution in [0.5, 0.6) is 0 Å². The largest absolute Gasteiger partial charge is 0.465 e. The highest BCUT2D eigenvalue weighted by Crippen LogP contribution is 2.29. The zero-order valence-electron chi connectivity index (χ0n) is 14.8. The van der Waals surface area contributed by atoms with Crippen molar-refractivity contribution in [1.82, 2.24) is 14.3 Å². The molecule has 28 heavy (non-hydrogen) atoms. The van der Waals surface area contributed by atoms with Gasteiger partial charge in [-0.15, -0.1) is 0 Å². The van der Waals surface area contributed by atoms with Gasteiger partial charge in [0.1, 0.15) is 4.90 Å². The van der Waals surface area contributed by atoms with Crippen molar-refractivity contribution in [1.29, 1.82) is 0 Å². The van der Waals surface area contributed by atoms with E-state index in [9.17, 15) is 18.3 Å². The zero-order chi connectivity index (χ0) is 20.1. The second kappa shape index (κ2) is 8.24. The Morgan fingerprint density at radius 3 is 2.64 bits per heavy atom. The van der Waals surface area contributed by atoms with E-state index in [0.717, 1.165) is 3.97 Å². The van der Waals surface area contributed by atoms with E-state index in [1.54, 1.807) is 30.3 Å². The quantitative estimate of drug-likeness (QED) is 0.557. The van der Waals surface area contributed by atoms with Crippen LogP contribution in [-0.2, 0) is 23.1 Å². The van der Waals surface area contributed by atoms with Crippen LogP contribution in [0.25, 0.3) is 11.3 Å². The maximum atomic E-state index is 13.2. The van der Waals surface area contributed by atoms with Gasteiger partial charge < -0.3 is 15.5 Å². The summed E-state index contributed by atoms with van der Waals surface area (Å²) in [4.78, 5) is 14.6. The first-order chi connectivity index (χ1) is 13.4. The Kier molecular flexibility index (Phi) is 5.76. The van der Waals surface area contributed by atoms with Crippen molar-refractivity contribution in [2.24, 2.45) is 0 Å². The molecule has 3 N–H and O–H groups in total. The molecule has 0 atom stereocenters. The van der Waals surface area contributed by atoms with E-state index in [2.05, 4.69) is 10.3 Å². The Labute approximate surface area is 162 Å². The molecule has 1 aromatic carbocycles. The second-order valence-corrected chi connectivity index (χ2v) is 7.84. The van der Waals surface area contributed by atoms with Gasteiger partial charge in [0.05, 0.1) is 12.3 Å². The number of carboxylic acid groups (broad SMARTS) is 1. The average molecular weight is 401 g/mol. The normalized spacial score (nSPS) is 11.3. The molecular weight excluding hydrogens is 382 g/mol. The molecule has 3 aromatic rings. The highest BCUT2D eigenvalue weighted by molar-refractivity contribution is 7.90. The van der Waals surface area contributed by atoms with Crippen LogP contribution < -0.4 is 5.32 Å². The summed E-state index contributed by atoms with van der Waals surface area (Å²) in [5.74, 6) is 0. The summed E-state index contributed by atoms with van der Waals surface area (Å²) < 4.78 is 27.5. The third kappa shape index (κ3) is 4.05. The van der Waals surface area contributed by atoms with Gasteiger partial charge in [0.2, 0.25) is 0 Å². The molecule has 3 rings (SSSR count). The molecule has 0 saturated carbocycles. The standard InChI is InChI=1S/C19H19N3O5S/c23-13-15-4-1-2-6-17(15)18-10-14(7-9-21-19(24)25)12-22(18)28(26,27)16-5-3-8-20-11-16/h1-6,8,10-12,21,23H,7,9,13H2,(H,24,25). The van der Waals surface area contributed by atoms with Crippen molar-refractivity contribution < 1.29 is 23.4 Å². The van der Waals surface area contributed by atoms with E-state index in [-0.39, 0.29) is 18.0 Å². The molecule has 8 nitrogen and oxygen atoms in total. The Morgan fingerprint density at radius 2 is 1.96 bits per heavy atom. The third-order valence-electron chi connectivity index (χ3n) is 4.19. The number of rotatable bonds is 7. The van der Waals surface area contributed by atoms with Crippen LogP contribution in [-0.4, -0.2) is 40.2 Å². The number of nitrogens with zero attached hydrogens (tertiary/aromatic N) is 2. The summed E-state index contributed by atoms with van der Waals surface area (Å²) >= 11 is 0. The van der Waals surface area contributed by atoms with Gasteiger partial charge in [0.25, 0.3) is 10.0 Å². The van der Waals surface area contributed by atoms with Crippen LogP contribution in [0, 0.1) is 0 Å². The van der Waals surface area contributed by atoms with Crippen LogP contribution in [0.15, 0.2) is 66.0 Å². The summed E-state index contributed by atoms with van der Waals surface area (Å²) in [6.45, 7) is -0.0996. The molecule has 0 spiro atoms. The van der Waals surface area contributed by atoms with Gasteiger partial charge in [0.15, 0.2) is 0 Å². The van der Waals surface area contributed by atoms with Crippen molar-refractivity contribution in [3.8, 4) is 11.3 Å². The first-order valence-electron chi connectivity index (χ1n) is 8.46. The highest BCUT2D eigenvalue weighted by Gasteiger charge is 2.23. The minimum atomic E-state index is -3.93. The number of aromatic nitrogens is 2. The lowest BCUT2D eigenvalue weighted by molar-refractivity contribution is 0.194. The molecule has 0 aliphatic rings. The van der Waals surface area contributed by atoms with Crippen molar-refractivity contribution >= 4 is 16.1 Å². The van der Waals surface area contributed by atoms with Crippen molar-refractivity contribution in [2.45, 2.75) is 17.9 Å². The topological polar surface area (TPSA) is 122 Å². The van der Waals surface area contributed by atoms with E-state index in [4.69, 9.17) is 5.11 Å². The van der Waals surface area contributed by atoms with E-state index < -0.39 is 16.1 Å². The molecule has 0 bridgehead atoms. The molecule has 0 aliphatic heterocycles. The van der Waals surface area contributed by atoms with Crippen molar-refractivity contribution in [3.63, 3.8) is 0 Å². The lowest BCUT2D eigenvalue weighted by Gasteiger charge is -2.12. The Bertz CT molecular complexity index is 1080. The number of nitrogens with one attached hydrogen (secondary N) is 1. The van der Waals surface area contributed by atoms with E-state index in [0.29, 0.717) is 28.8 Å². The van der Waals surface area contributed by atoms with Crippen molar-refractivity contribution in [3.05, 3.63) is 72.2 Å². The van der Waals surface area contributed by atoms with E-state index in [1.807, 2.05) is 0 Å². The molecule has 0 saturated heterocycles. The zero-order valence-corrected chi connectivity index (χ0v) is 15.6. The average Bonchev–Trinajstić information content (AvgIpc) is 3.13. The molecule has 9 heteroatoms. The Morgan fingerprint density at radius 1 is 1.18 bits per heavy atom. The number of benzene rings is 1. The van der Waals surface area contributed by atoms with Gasteiger partial charge in [-0.25, -0.2) is 17.2 Å². The van der Waals surface area contributed by atoms with Gasteiger partial charge in [-0.3, -0.25) is 4.98 Å². The number of amides is 1. The Balaban J connectivity index is 2.12. The summed E-state index contributed by atoms with van der Waals surface area (Å²) in [7, 11) is -3.93. The molecule has 0 unspecified atom stereocenters. The van der Waals surface area contributed by atoms with Gasteiger partial charge in [-0.1, -0.05) is 24.3 Å². The fourth-order valence-corrected chi connectivity index (χ4v) is 4.22. The molecule has 0 radical (unpaired) electrons. The van der Waals surface area contributed by atoms with Crippen molar-refractivity contribution in [2.75, 3.05) is 6.54 Å². The van der Waals surface area contributed by atoms with Gasteiger partial charge in [0, 0.05) is 30.7 Å². The third-order valence-corrected chi connectivity index (χ3v) is 5.84. The summed E-state index contributed by atoms with van der Waals surface area (Å²) in [5, 5.41) is 20.6. The van der Waals surface area contributed by atoms with Gasteiger partial charge in [-0.2, -0.15) is 0 Å². The van der Waals surface area contributed by atoms with E-state index >= 15 is 0 Å². The number of aliphatic hydroxyl groups is 1. The second-order valence-electron chi connectivity index (χ2n) is 6.02. The first kappa shape index (κ1) is 19.6. The van der Waals surface area contributed by atoms with E-state index in [1.165, 1.54) is 30.7 Å². The van der Waals surface area contributed by atoms with Crippen LogP contribution in [0.3, 0.4) is 0 Å². The number of hydrogen-bond donors (Lipinski definition) is 3. The molecule has 0 fully saturated rings. The monoisotopic (exact) mass is 401 g/mol. The predicted molar refractivity (Wildman–Crippen MR) is 102 cm³/mol. The molecule has 146 valence electrons. The number of aliphatic hydroxyl groups excluding tert-OH is 1. The smallest absolute Gasteiger partial charge is 0.404 e. The lowest BCUT2D eigenvalue weighted by Crippen LogP contribution is -2.23. The minimum Gasteiger partial charge on any atom is -0.465 e. The minimum absolute atomic E-state index is 0.0311. The first-order valence-corrected chi connectivity index (χ1v) is 9.90. The summed E-state index contributed by atoms with van der Waals surface area (Å²) in [6.07, 6.45) is 3.39. The lowest BCUT2D eigenvalue weighted by atomic mass is 10.0. The molecule has 2 aromatic heterocycles. The summed E-state index contributed by atoms with van der Waals surface area (Å²) in [5.41, 5.74) is 2.19. The maximum Gasteiger partial charge on any atom is 0.404 e. The SMILES string of the molecule is O=C(O)NCCc1cc(-c2ccccc2CO)n(S(=O)(=O)c2cccnc2)c1. The maximum absolute atomic E-state index is 13.2. The Hall–Kier alpha value is -3.17.